The quantitative estimate of drug-likeness (QED) is 0.741. The van der Waals surface area contributed by atoms with E-state index in [4.69, 9.17) is 21.6 Å². The average molecular weight is 263 g/mol. The van der Waals surface area contributed by atoms with Crippen molar-refractivity contribution in [2.45, 2.75) is 25.5 Å². The Morgan fingerprint density at radius 3 is 3.11 bits per heavy atom. The zero-order chi connectivity index (χ0) is 12.5. The molecule has 0 amide bonds. The lowest BCUT2D eigenvalue weighted by molar-refractivity contribution is -0.0366. The van der Waals surface area contributed by atoms with Crippen molar-refractivity contribution in [2.24, 2.45) is 0 Å². The van der Waals surface area contributed by atoms with Crippen LogP contribution in [0.3, 0.4) is 0 Å². The smallest absolute Gasteiger partial charge is 0.150 e. The second-order valence-corrected chi connectivity index (χ2v) is 4.61. The van der Waals surface area contributed by atoms with Gasteiger partial charge in [0.1, 0.15) is 16.7 Å². The van der Waals surface area contributed by atoms with E-state index in [9.17, 15) is 0 Å². The Labute approximate surface area is 109 Å². The largest absolute Gasteiger partial charge is 0.356 e. The number of ether oxygens (including phenoxy) is 1. The fourth-order valence-electron chi connectivity index (χ4n) is 2.18. The van der Waals surface area contributed by atoms with Gasteiger partial charge in [0, 0.05) is 6.61 Å². The average Bonchev–Trinajstić information content (AvgIpc) is 2.81. The van der Waals surface area contributed by atoms with Crippen molar-refractivity contribution in [1.82, 2.24) is 14.8 Å². The summed E-state index contributed by atoms with van der Waals surface area (Å²) in [5.74, 6) is 0. The molecule has 3 heterocycles. The lowest BCUT2D eigenvalue weighted by Gasteiger charge is -2.23. The van der Waals surface area contributed by atoms with E-state index in [-0.39, 0.29) is 11.4 Å². The third-order valence-electron chi connectivity index (χ3n) is 3.08. The van der Waals surface area contributed by atoms with E-state index in [1.807, 2.05) is 6.07 Å². The Hall–Kier alpha value is -1.64. The van der Waals surface area contributed by atoms with Gasteiger partial charge in [0.15, 0.2) is 6.23 Å². The Morgan fingerprint density at radius 1 is 1.50 bits per heavy atom. The molecule has 0 bridgehead atoms. The first-order valence-electron chi connectivity index (χ1n) is 5.85. The van der Waals surface area contributed by atoms with Crippen molar-refractivity contribution in [3.8, 4) is 6.07 Å². The Bertz CT molecular complexity index is 625. The summed E-state index contributed by atoms with van der Waals surface area (Å²) in [6.07, 6.45) is 4.73. The van der Waals surface area contributed by atoms with Gasteiger partial charge in [-0.1, -0.05) is 11.6 Å². The van der Waals surface area contributed by atoms with Gasteiger partial charge in [0.2, 0.25) is 0 Å². The van der Waals surface area contributed by atoms with Crippen molar-refractivity contribution >= 4 is 22.6 Å². The summed E-state index contributed by atoms with van der Waals surface area (Å²) < 4.78 is 7.48. The van der Waals surface area contributed by atoms with Crippen molar-refractivity contribution in [3.05, 3.63) is 23.0 Å². The monoisotopic (exact) mass is 262 g/mol. The van der Waals surface area contributed by atoms with Crippen LogP contribution in [-0.2, 0) is 4.74 Å². The molecule has 2 aromatic rings. The number of fused-ring (bicyclic) bond motifs is 1. The first kappa shape index (κ1) is 11.5. The molecule has 0 radical (unpaired) electrons. The van der Waals surface area contributed by atoms with E-state index < -0.39 is 0 Å². The summed E-state index contributed by atoms with van der Waals surface area (Å²) >= 11 is 5.90. The molecular weight excluding hydrogens is 252 g/mol. The van der Waals surface area contributed by atoms with Gasteiger partial charge in [-0.2, -0.15) is 10.4 Å². The number of hydrogen-bond donors (Lipinski definition) is 0. The van der Waals surface area contributed by atoms with Crippen LogP contribution in [0.1, 0.15) is 31.1 Å². The molecule has 0 spiro atoms. The van der Waals surface area contributed by atoms with E-state index in [0.717, 1.165) is 31.4 Å². The van der Waals surface area contributed by atoms with Crippen LogP contribution < -0.4 is 0 Å². The molecule has 18 heavy (non-hydrogen) atoms. The second kappa shape index (κ2) is 4.56. The second-order valence-electron chi connectivity index (χ2n) is 4.25. The molecule has 1 fully saturated rings. The van der Waals surface area contributed by atoms with Crippen LogP contribution in [0.2, 0.25) is 5.15 Å². The normalized spacial score (nSPS) is 19.9. The van der Waals surface area contributed by atoms with Crippen LogP contribution in [0.4, 0.5) is 0 Å². The molecule has 1 aliphatic heterocycles. The lowest BCUT2D eigenvalue weighted by atomic mass is 10.2. The maximum Gasteiger partial charge on any atom is 0.150 e. The van der Waals surface area contributed by atoms with Crippen molar-refractivity contribution in [3.63, 3.8) is 0 Å². The predicted octanol–water partition coefficient (Wildman–Crippen LogP) is 2.66. The van der Waals surface area contributed by atoms with E-state index in [2.05, 4.69) is 10.1 Å². The third kappa shape index (κ3) is 1.84. The predicted molar refractivity (Wildman–Crippen MR) is 66.1 cm³/mol. The number of rotatable bonds is 1. The lowest BCUT2D eigenvalue weighted by Crippen LogP contribution is -2.19. The first-order chi connectivity index (χ1) is 8.79. The van der Waals surface area contributed by atoms with Crippen molar-refractivity contribution in [1.29, 1.82) is 5.26 Å². The third-order valence-corrected chi connectivity index (χ3v) is 3.37. The van der Waals surface area contributed by atoms with Crippen LogP contribution in [0.25, 0.3) is 11.0 Å². The summed E-state index contributed by atoms with van der Waals surface area (Å²) in [5, 5.41) is 13.5. The first-order valence-corrected chi connectivity index (χ1v) is 6.23. The van der Waals surface area contributed by atoms with Crippen LogP contribution in [0, 0.1) is 11.3 Å². The minimum atomic E-state index is -0.0641. The molecule has 0 aliphatic carbocycles. The fourth-order valence-corrected chi connectivity index (χ4v) is 2.36. The SMILES string of the molecule is N#Cc1cc2c(cnn2C2CCCCO2)nc1Cl. The molecule has 0 aromatic carbocycles. The minimum absolute atomic E-state index is 0.0641. The molecule has 0 N–H and O–H groups in total. The summed E-state index contributed by atoms with van der Waals surface area (Å²) in [4.78, 5) is 4.17. The summed E-state index contributed by atoms with van der Waals surface area (Å²) in [5.41, 5.74) is 1.85. The van der Waals surface area contributed by atoms with Gasteiger partial charge in [-0.25, -0.2) is 9.67 Å². The molecule has 1 aliphatic rings. The summed E-state index contributed by atoms with van der Waals surface area (Å²) in [6.45, 7) is 0.748. The molecule has 0 saturated carbocycles. The highest BCUT2D eigenvalue weighted by atomic mass is 35.5. The topological polar surface area (TPSA) is 63.7 Å². The number of halogens is 1. The van der Waals surface area contributed by atoms with Gasteiger partial charge >= 0.3 is 0 Å². The van der Waals surface area contributed by atoms with Gasteiger partial charge in [-0.15, -0.1) is 0 Å². The van der Waals surface area contributed by atoms with Crippen molar-refractivity contribution < 1.29 is 4.74 Å². The van der Waals surface area contributed by atoms with Gasteiger partial charge in [0.05, 0.1) is 17.3 Å². The number of pyridine rings is 1. The maximum absolute atomic E-state index is 8.98. The summed E-state index contributed by atoms with van der Waals surface area (Å²) in [6, 6.07) is 3.75. The molecule has 2 aromatic heterocycles. The van der Waals surface area contributed by atoms with E-state index in [1.165, 1.54) is 0 Å². The Morgan fingerprint density at radius 2 is 2.39 bits per heavy atom. The highest BCUT2D eigenvalue weighted by Crippen LogP contribution is 2.27. The van der Waals surface area contributed by atoms with E-state index in [1.54, 1.807) is 16.9 Å². The van der Waals surface area contributed by atoms with Gasteiger partial charge in [-0.3, -0.25) is 0 Å². The van der Waals surface area contributed by atoms with Crippen LogP contribution in [0.15, 0.2) is 12.3 Å². The van der Waals surface area contributed by atoms with E-state index >= 15 is 0 Å². The highest BCUT2D eigenvalue weighted by Gasteiger charge is 2.19. The fraction of sp³-hybridized carbons (Fsp3) is 0.417. The van der Waals surface area contributed by atoms with Crippen LogP contribution in [0.5, 0.6) is 0 Å². The van der Waals surface area contributed by atoms with Gasteiger partial charge < -0.3 is 4.74 Å². The summed E-state index contributed by atoms with van der Waals surface area (Å²) in [7, 11) is 0. The van der Waals surface area contributed by atoms with Gasteiger partial charge in [0.25, 0.3) is 0 Å². The Balaban J connectivity index is 2.10. The van der Waals surface area contributed by atoms with Gasteiger partial charge in [-0.05, 0) is 25.3 Å². The number of aromatic nitrogens is 3. The number of nitrogens with zero attached hydrogens (tertiary/aromatic N) is 4. The zero-order valence-corrected chi connectivity index (χ0v) is 10.4. The molecule has 1 saturated heterocycles. The highest BCUT2D eigenvalue weighted by molar-refractivity contribution is 6.30. The molecule has 5 nitrogen and oxygen atoms in total. The van der Waals surface area contributed by atoms with E-state index in [0.29, 0.717) is 11.1 Å². The molecular formula is C12H11ClN4O. The molecule has 6 heteroatoms. The van der Waals surface area contributed by atoms with Crippen LogP contribution >= 0.6 is 11.6 Å². The molecule has 92 valence electrons. The molecule has 1 atom stereocenters. The molecule has 3 rings (SSSR count). The molecule has 1 unspecified atom stereocenters. The maximum atomic E-state index is 8.98. The number of hydrogen-bond acceptors (Lipinski definition) is 4. The minimum Gasteiger partial charge on any atom is -0.356 e. The number of nitriles is 1. The Kier molecular flexibility index (Phi) is 2.90. The standard InChI is InChI=1S/C12H11ClN4O/c13-12-8(6-14)5-10-9(16-12)7-15-17(10)11-3-1-2-4-18-11/h5,7,11H,1-4H2. The zero-order valence-electron chi connectivity index (χ0n) is 9.64. The van der Waals surface area contributed by atoms with Crippen molar-refractivity contribution in [2.75, 3.05) is 6.61 Å². The van der Waals surface area contributed by atoms with Crippen LogP contribution in [-0.4, -0.2) is 21.4 Å².